The lowest BCUT2D eigenvalue weighted by Crippen LogP contribution is -1.96. The third-order valence-corrected chi connectivity index (χ3v) is 2.16. The van der Waals surface area contributed by atoms with E-state index >= 15 is 0 Å². The Labute approximate surface area is 85.8 Å². The number of phenolic OH excluding ortho intramolecular Hbond substituents is 1. The van der Waals surface area contributed by atoms with Crippen molar-refractivity contribution in [2.75, 3.05) is 0 Å². The predicted octanol–water partition coefficient (Wildman–Crippen LogP) is 1.95. The first kappa shape index (κ1) is 9.45. The van der Waals surface area contributed by atoms with Gasteiger partial charge in [0.15, 0.2) is 0 Å². The number of aryl methyl sites for hydroxylation is 1. The van der Waals surface area contributed by atoms with E-state index in [1.165, 1.54) is 12.1 Å². The second-order valence-electron chi connectivity index (χ2n) is 3.32. The van der Waals surface area contributed by atoms with Gasteiger partial charge < -0.3 is 10.2 Å². The number of fused-ring (bicyclic) bond motifs is 1. The highest BCUT2D eigenvalue weighted by Crippen LogP contribution is 2.24. The maximum atomic E-state index is 10.7. The molecule has 0 unspecified atom stereocenters. The molecule has 2 rings (SSSR count). The fourth-order valence-electron chi connectivity index (χ4n) is 1.44. The molecule has 0 spiro atoms. The van der Waals surface area contributed by atoms with Gasteiger partial charge in [0.1, 0.15) is 11.3 Å². The molecule has 2 aromatic rings. The second-order valence-corrected chi connectivity index (χ2v) is 3.32. The van der Waals surface area contributed by atoms with E-state index in [-0.39, 0.29) is 11.3 Å². The summed E-state index contributed by atoms with van der Waals surface area (Å²) in [7, 11) is 0. The van der Waals surface area contributed by atoms with Crippen LogP contribution in [0.25, 0.3) is 10.9 Å². The van der Waals surface area contributed by atoms with Gasteiger partial charge in [-0.3, -0.25) is 0 Å². The Bertz CT molecular complexity index is 549. The number of carboxylic acid groups (broad SMARTS) is 1. The minimum Gasteiger partial charge on any atom is -0.506 e. The van der Waals surface area contributed by atoms with Gasteiger partial charge in [0, 0.05) is 11.1 Å². The van der Waals surface area contributed by atoms with E-state index in [1.54, 1.807) is 12.1 Å². The zero-order chi connectivity index (χ0) is 11.0. The number of hydrogen-bond acceptors (Lipinski definition) is 3. The van der Waals surface area contributed by atoms with Crippen LogP contribution < -0.4 is 0 Å². The molecule has 0 saturated carbocycles. The van der Waals surface area contributed by atoms with Crippen LogP contribution in [0.1, 0.15) is 16.1 Å². The van der Waals surface area contributed by atoms with Crippen molar-refractivity contribution in [2.24, 2.45) is 0 Å². The first-order valence-corrected chi connectivity index (χ1v) is 4.41. The summed E-state index contributed by atoms with van der Waals surface area (Å²) in [4.78, 5) is 14.9. The van der Waals surface area contributed by atoms with Crippen LogP contribution in [0.2, 0.25) is 0 Å². The smallest absolute Gasteiger partial charge is 0.335 e. The third kappa shape index (κ3) is 1.61. The second kappa shape index (κ2) is 3.24. The Morgan fingerprint density at radius 3 is 2.73 bits per heavy atom. The highest BCUT2D eigenvalue weighted by atomic mass is 16.4. The van der Waals surface area contributed by atoms with Gasteiger partial charge in [-0.2, -0.15) is 0 Å². The van der Waals surface area contributed by atoms with Gasteiger partial charge in [-0.1, -0.05) is 6.07 Å². The molecule has 0 fully saturated rings. The Morgan fingerprint density at radius 1 is 1.33 bits per heavy atom. The van der Waals surface area contributed by atoms with E-state index < -0.39 is 5.97 Å². The predicted molar refractivity (Wildman–Crippen MR) is 55.1 cm³/mol. The van der Waals surface area contributed by atoms with Crippen LogP contribution in [0.5, 0.6) is 5.75 Å². The van der Waals surface area contributed by atoms with Gasteiger partial charge in [-0.25, -0.2) is 9.78 Å². The molecular weight excluding hydrogens is 194 g/mol. The SMILES string of the molecule is Cc1ccc2cc(C(=O)O)cc(O)c2n1. The summed E-state index contributed by atoms with van der Waals surface area (Å²) in [6.45, 7) is 1.81. The summed E-state index contributed by atoms with van der Waals surface area (Å²) < 4.78 is 0. The summed E-state index contributed by atoms with van der Waals surface area (Å²) in [5.74, 6) is -1.17. The van der Waals surface area contributed by atoms with Crippen molar-refractivity contribution in [3.63, 3.8) is 0 Å². The number of aromatic nitrogens is 1. The van der Waals surface area contributed by atoms with E-state index in [0.717, 1.165) is 5.69 Å². The van der Waals surface area contributed by atoms with E-state index in [0.29, 0.717) is 10.9 Å². The quantitative estimate of drug-likeness (QED) is 0.743. The molecule has 4 heteroatoms. The lowest BCUT2D eigenvalue weighted by Gasteiger charge is -2.03. The normalized spacial score (nSPS) is 10.5. The minimum atomic E-state index is -1.06. The standard InChI is InChI=1S/C11H9NO3/c1-6-2-3-7-4-8(11(14)15)5-9(13)10(7)12-6/h2-5,13H,1H3,(H,14,15). The van der Waals surface area contributed by atoms with Gasteiger partial charge >= 0.3 is 5.97 Å². The molecule has 0 aliphatic carbocycles. The molecule has 0 radical (unpaired) electrons. The number of aromatic carboxylic acids is 1. The van der Waals surface area contributed by atoms with Crippen molar-refractivity contribution in [3.05, 3.63) is 35.5 Å². The van der Waals surface area contributed by atoms with Crippen molar-refractivity contribution in [2.45, 2.75) is 6.92 Å². The van der Waals surface area contributed by atoms with Crippen molar-refractivity contribution >= 4 is 16.9 Å². The number of carbonyl (C=O) groups is 1. The van der Waals surface area contributed by atoms with Crippen molar-refractivity contribution < 1.29 is 15.0 Å². The summed E-state index contributed by atoms with van der Waals surface area (Å²) in [6, 6.07) is 6.21. The zero-order valence-electron chi connectivity index (χ0n) is 8.06. The molecule has 0 bridgehead atoms. The molecule has 0 saturated heterocycles. The number of carboxylic acids is 1. The highest BCUT2D eigenvalue weighted by molar-refractivity contribution is 5.95. The van der Waals surface area contributed by atoms with E-state index in [1.807, 2.05) is 6.92 Å². The number of benzene rings is 1. The molecule has 0 aliphatic heterocycles. The van der Waals surface area contributed by atoms with Crippen molar-refractivity contribution in [1.29, 1.82) is 0 Å². The average Bonchev–Trinajstić information content (AvgIpc) is 2.18. The fraction of sp³-hybridized carbons (Fsp3) is 0.0909. The molecule has 2 N–H and O–H groups in total. The Balaban J connectivity index is 2.78. The van der Waals surface area contributed by atoms with Gasteiger partial charge in [-0.05, 0) is 25.1 Å². The average molecular weight is 203 g/mol. The van der Waals surface area contributed by atoms with Gasteiger partial charge in [-0.15, -0.1) is 0 Å². The van der Waals surface area contributed by atoms with Crippen LogP contribution in [0.3, 0.4) is 0 Å². The third-order valence-electron chi connectivity index (χ3n) is 2.16. The first-order valence-electron chi connectivity index (χ1n) is 4.41. The van der Waals surface area contributed by atoms with E-state index in [2.05, 4.69) is 4.98 Å². The van der Waals surface area contributed by atoms with Crippen LogP contribution in [0, 0.1) is 6.92 Å². The van der Waals surface area contributed by atoms with Gasteiger partial charge in [0.2, 0.25) is 0 Å². The van der Waals surface area contributed by atoms with Crippen LogP contribution in [-0.2, 0) is 0 Å². The van der Waals surface area contributed by atoms with Crippen LogP contribution >= 0.6 is 0 Å². The maximum absolute atomic E-state index is 10.7. The number of phenols is 1. The van der Waals surface area contributed by atoms with E-state index in [9.17, 15) is 9.90 Å². The van der Waals surface area contributed by atoms with Gasteiger partial charge in [0.05, 0.1) is 5.56 Å². The Kier molecular flexibility index (Phi) is 2.04. The van der Waals surface area contributed by atoms with Crippen LogP contribution in [0.4, 0.5) is 0 Å². The summed E-state index contributed by atoms with van der Waals surface area (Å²) in [6.07, 6.45) is 0. The molecule has 1 aromatic heterocycles. The van der Waals surface area contributed by atoms with Crippen molar-refractivity contribution in [1.82, 2.24) is 4.98 Å². The number of nitrogens with zero attached hydrogens (tertiary/aromatic N) is 1. The topological polar surface area (TPSA) is 70.4 Å². The summed E-state index contributed by atoms with van der Waals surface area (Å²) >= 11 is 0. The summed E-state index contributed by atoms with van der Waals surface area (Å²) in [5.41, 5.74) is 1.27. The van der Waals surface area contributed by atoms with Crippen LogP contribution in [-0.4, -0.2) is 21.2 Å². The molecule has 4 nitrogen and oxygen atoms in total. The number of hydrogen-bond donors (Lipinski definition) is 2. The number of rotatable bonds is 1. The lowest BCUT2D eigenvalue weighted by atomic mass is 10.1. The Morgan fingerprint density at radius 2 is 2.07 bits per heavy atom. The molecule has 15 heavy (non-hydrogen) atoms. The molecule has 0 amide bonds. The Hall–Kier alpha value is -2.10. The molecule has 0 aliphatic rings. The number of pyridine rings is 1. The summed E-state index contributed by atoms with van der Waals surface area (Å²) in [5, 5.41) is 19.0. The molecule has 0 atom stereocenters. The largest absolute Gasteiger partial charge is 0.506 e. The first-order chi connectivity index (χ1) is 7.08. The number of aromatic hydroxyl groups is 1. The highest BCUT2D eigenvalue weighted by Gasteiger charge is 2.09. The molecule has 1 heterocycles. The lowest BCUT2D eigenvalue weighted by molar-refractivity contribution is 0.0696. The van der Waals surface area contributed by atoms with Crippen molar-refractivity contribution in [3.8, 4) is 5.75 Å². The monoisotopic (exact) mass is 203 g/mol. The molecular formula is C11H9NO3. The fourth-order valence-corrected chi connectivity index (χ4v) is 1.44. The van der Waals surface area contributed by atoms with Crippen LogP contribution in [0.15, 0.2) is 24.3 Å². The minimum absolute atomic E-state index is 0.0608. The maximum Gasteiger partial charge on any atom is 0.335 e. The zero-order valence-corrected chi connectivity index (χ0v) is 8.06. The molecule has 76 valence electrons. The van der Waals surface area contributed by atoms with E-state index in [4.69, 9.17) is 5.11 Å². The van der Waals surface area contributed by atoms with Gasteiger partial charge in [0.25, 0.3) is 0 Å². The molecule has 1 aromatic carbocycles.